The molecule has 16 heteroatoms. The van der Waals surface area contributed by atoms with Gasteiger partial charge in [-0.2, -0.15) is 0 Å². The van der Waals surface area contributed by atoms with Crippen LogP contribution in [0.5, 0.6) is 0 Å². The van der Waals surface area contributed by atoms with Gasteiger partial charge >= 0.3 is 0 Å². The summed E-state index contributed by atoms with van der Waals surface area (Å²) in [5, 5.41) is 105. The van der Waals surface area contributed by atoms with Gasteiger partial charge < -0.3 is 79.5 Å². The Balaban J connectivity index is 1.05. The molecule has 3 saturated heterocycles. The van der Waals surface area contributed by atoms with E-state index in [9.17, 15) is 51.1 Å². The smallest absolute Gasteiger partial charge is 0.187 e. The summed E-state index contributed by atoms with van der Waals surface area (Å²) >= 11 is 0. The van der Waals surface area contributed by atoms with E-state index < -0.39 is 118 Å². The van der Waals surface area contributed by atoms with E-state index >= 15 is 0 Å². The van der Waals surface area contributed by atoms with Gasteiger partial charge in [-0.1, -0.05) is 66.0 Å². The van der Waals surface area contributed by atoms with Gasteiger partial charge in [-0.3, -0.25) is 0 Å². The Kier molecular flexibility index (Phi) is 16.2. The molecule has 7 rings (SSSR count). The maximum atomic E-state index is 11.6. The molecule has 7 aliphatic rings. The van der Waals surface area contributed by atoms with Crippen LogP contribution in [0.3, 0.4) is 0 Å². The molecule has 24 atom stereocenters. The van der Waals surface area contributed by atoms with Crippen molar-refractivity contribution in [2.45, 2.75) is 210 Å². The third-order valence-corrected chi connectivity index (χ3v) is 17.7. The molecule has 0 aromatic rings. The van der Waals surface area contributed by atoms with Gasteiger partial charge in [0.1, 0.15) is 73.2 Å². The number of aliphatic hydroxyl groups excluding tert-OH is 10. The normalized spacial score (nSPS) is 50.0. The predicted octanol–water partition coefficient (Wildman–Crippen LogP) is 1.50. The van der Waals surface area contributed by atoms with Crippen molar-refractivity contribution in [2.24, 2.45) is 52.3 Å². The number of fused-ring (bicyclic) bond motifs is 5. The van der Waals surface area contributed by atoms with Gasteiger partial charge in [0.05, 0.1) is 25.9 Å². The van der Waals surface area contributed by atoms with Crippen LogP contribution in [0.1, 0.15) is 112 Å². The highest BCUT2D eigenvalue weighted by molar-refractivity contribution is 5.25. The Morgan fingerprint density at radius 3 is 1.92 bits per heavy atom. The van der Waals surface area contributed by atoms with Gasteiger partial charge in [0.15, 0.2) is 18.9 Å². The van der Waals surface area contributed by atoms with Crippen LogP contribution in [0.25, 0.3) is 0 Å². The molecular formula is C47H80O16. The highest BCUT2D eigenvalue weighted by Crippen LogP contribution is 2.67. The van der Waals surface area contributed by atoms with Gasteiger partial charge in [-0.05, 0) is 110 Å². The van der Waals surface area contributed by atoms with E-state index in [0.717, 1.165) is 36.5 Å². The Hall–Kier alpha value is -0.900. The average Bonchev–Trinajstić information content (AvgIpc) is 3.62. The molecule has 24 unspecified atom stereocenters. The van der Waals surface area contributed by atoms with E-state index in [0.29, 0.717) is 36.0 Å². The van der Waals surface area contributed by atoms with E-state index in [4.69, 9.17) is 28.4 Å². The summed E-state index contributed by atoms with van der Waals surface area (Å²) in [6.07, 6.45) is -9.48. The van der Waals surface area contributed by atoms with E-state index in [1.807, 2.05) is 0 Å². The first-order valence-electron chi connectivity index (χ1n) is 24.1. The van der Waals surface area contributed by atoms with Crippen molar-refractivity contribution in [1.29, 1.82) is 0 Å². The second-order valence-corrected chi connectivity index (χ2v) is 21.3. The quantitative estimate of drug-likeness (QED) is 0.105. The highest BCUT2D eigenvalue weighted by atomic mass is 16.8. The molecule has 0 radical (unpaired) electrons. The molecule has 0 amide bonds. The summed E-state index contributed by atoms with van der Waals surface area (Å²) in [6.45, 7) is 12.7. The minimum Gasteiger partial charge on any atom is -0.394 e. The summed E-state index contributed by atoms with van der Waals surface area (Å²) in [4.78, 5) is 0. The van der Waals surface area contributed by atoms with Crippen LogP contribution in [-0.2, 0) is 28.4 Å². The van der Waals surface area contributed by atoms with E-state index in [1.54, 1.807) is 0 Å². The van der Waals surface area contributed by atoms with Crippen molar-refractivity contribution < 1.29 is 79.5 Å². The molecule has 63 heavy (non-hydrogen) atoms. The van der Waals surface area contributed by atoms with E-state index in [2.05, 4.69) is 47.6 Å². The lowest BCUT2D eigenvalue weighted by molar-refractivity contribution is -0.376. The zero-order valence-electron chi connectivity index (χ0n) is 38.2. The van der Waals surface area contributed by atoms with Crippen LogP contribution in [0.4, 0.5) is 0 Å². The number of hydrogen-bond acceptors (Lipinski definition) is 16. The molecule has 364 valence electrons. The zero-order valence-corrected chi connectivity index (χ0v) is 38.2. The maximum absolute atomic E-state index is 11.6. The Labute approximate surface area is 372 Å². The second kappa shape index (κ2) is 20.4. The van der Waals surface area contributed by atoms with Crippen molar-refractivity contribution in [2.75, 3.05) is 19.8 Å². The highest BCUT2D eigenvalue weighted by Gasteiger charge is 2.60. The van der Waals surface area contributed by atoms with Crippen molar-refractivity contribution >= 4 is 0 Å². The van der Waals surface area contributed by atoms with Crippen molar-refractivity contribution in [1.82, 2.24) is 0 Å². The van der Waals surface area contributed by atoms with Crippen LogP contribution >= 0.6 is 0 Å². The fraction of sp³-hybridized carbons (Fsp3) is 0.957. The molecular weight excluding hydrogens is 821 g/mol. The van der Waals surface area contributed by atoms with Gasteiger partial charge in [0.2, 0.25) is 0 Å². The number of ether oxygens (including phenoxy) is 6. The van der Waals surface area contributed by atoms with Crippen molar-refractivity contribution in [3.8, 4) is 0 Å². The third kappa shape index (κ3) is 9.60. The topological polar surface area (TPSA) is 258 Å². The number of hydrogen-bond donors (Lipinski definition) is 10. The summed E-state index contributed by atoms with van der Waals surface area (Å²) < 4.78 is 35.8. The first-order valence-corrected chi connectivity index (χ1v) is 24.1. The van der Waals surface area contributed by atoms with Crippen LogP contribution in [0.2, 0.25) is 0 Å². The van der Waals surface area contributed by atoms with E-state index in [-0.39, 0.29) is 5.41 Å². The minimum absolute atomic E-state index is 0.00341. The molecule has 3 heterocycles. The predicted molar refractivity (Wildman–Crippen MR) is 226 cm³/mol. The molecule has 0 aromatic heterocycles. The second-order valence-electron chi connectivity index (χ2n) is 21.3. The molecule has 4 aliphatic carbocycles. The standard InChI is InChI=1S/C47H80O16/c1-7-24(22(2)3)9-8-23(4)28-12-13-29-27-11-10-25-18-26(14-16-46(25,5)30(27)15-17-47(28,29)6)59-45-42(63-44-41(57)38(54)35(51)32(20-49)61-44)39(55)36(52)33(62-45)21-58-43-40(56)37(53)34(50)31(19-48)60-43/h10,22-24,26-45,48-57H,7-9,11-21H2,1-6H3. The monoisotopic (exact) mass is 901 g/mol. The van der Waals surface area contributed by atoms with E-state index in [1.165, 1.54) is 50.5 Å². The first kappa shape index (κ1) is 50.0. The lowest BCUT2D eigenvalue weighted by atomic mass is 9.47. The summed E-state index contributed by atoms with van der Waals surface area (Å²) in [5.41, 5.74) is 1.69. The van der Waals surface area contributed by atoms with Gasteiger partial charge in [0.25, 0.3) is 0 Å². The average molecular weight is 901 g/mol. The summed E-state index contributed by atoms with van der Waals surface area (Å²) in [6, 6.07) is 0. The molecule has 0 bridgehead atoms. The SMILES string of the molecule is CCC(CCC(C)C1CCC2C3CC=C4CC(OC5OC(COC6OC(CO)C(O)C(O)C6O)C(O)C(O)C5OC5OC(CO)C(O)C(O)C5O)CCC4(C)C3CCC12C)C(C)C. The summed E-state index contributed by atoms with van der Waals surface area (Å²) in [7, 11) is 0. The first-order chi connectivity index (χ1) is 29.9. The number of allylic oxidation sites excluding steroid dienone is 1. The minimum atomic E-state index is -1.80. The van der Waals surface area contributed by atoms with Gasteiger partial charge in [-0.15, -0.1) is 0 Å². The van der Waals surface area contributed by atoms with Crippen LogP contribution in [-0.4, -0.2) is 169 Å². The maximum Gasteiger partial charge on any atom is 0.187 e. The van der Waals surface area contributed by atoms with Gasteiger partial charge in [-0.25, -0.2) is 0 Å². The molecule has 10 N–H and O–H groups in total. The molecule has 0 spiro atoms. The third-order valence-electron chi connectivity index (χ3n) is 17.7. The number of rotatable bonds is 15. The molecule has 0 aromatic carbocycles. The van der Waals surface area contributed by atoms with Crippen molar-refractivity contribution in [3.63, 3.8) is 0 Å². The lowest BCUT2D eigenvalue weighted by Crippen LogP contribution is -2.65. The Morgan fingerprint density at radius 1 is 0.667 bits per heavy atom. The van der Waals surface area contributed by atoms with Crippen molar-refractivity contribution in [3.05, 3.63) is 11.6 Å². The lowest BCUT2D eigenvalue weighted by Gasteiger charge is -2.58. The molecule has 3 aliphatic heterocycles. The molecule has 3 saturated carbocycles. The molecule has 6 fully saturated rings. The Morgan fingerprint density at radius 2 is 1.29 bits per heavy atom. The van der Waals surface area contributed by atoms with Crippen LogP contribution in [0.15, 0.2) is 11.6 Å². The van der Waals surface area contributed by atoms with Crippen LogP contribution < -0.4 is 0 Å². The summed E-state index contributed by atoms with van der Waals surface area (Å²) in [5.74, 6) is 4.87. The number of aliphatic hydroxyl groups is 10. The largest absolute Gasteiger partial charge is 0.394 e. The zero-order chi connectivity index (χ0) is 45.7. The van der Waals surface area contributed by atoms with Gasteiger partial charge in [0, 0.05) is 0 Å². The fourth-order valence-corrected chi connectivity index (χ4v) is 13.6. The van der Waals surface area contributed by atoms with Crippen LogP contribution in [0, 0.1) is 52.3 Å². The fourth-order valence-electron chi connectivity index (χ4n) is 13.6. The Bertz CT molecular complexity index is 1510. The molecule has 16 nitrogen and oxygen atoms in total.